The number of benzene rings is 2. The van der Waals surface area contributed by atoms with Crippen LogP contribution in [0.25, 0.3) is 22.0 Å². The lowest BCUT2D eigenvalue weighted by molar-refractivity contribution is -0.0208. The lowest BCUT2D eigenvalue weighted by Gasteiger charge is -2.46. The number of ether oxygens (including phenoxy) is 1. The van der Waals surface area contributed by atoms with Gasteiger partial charge in [0.1, 0.15) is 17.9 Å². The number of aliphatic hydroxyl groups is 1. The molecule has 1 saturated heterocycles. The molecule has 3 N–H and O–H groups in total. The van der Waals surface area contributed by atoms with Gasteiger partial charge in [-0.15, -0.1) is 11.8 Å². The highest BCUT2D eigenvalue weighted by Gasteiger charge is 2.35. The predicted molar refractivity (Wildman–Crippen MR) is 155 cm³/mol. The molecule has 4 atom stereocenters. The summed E-state index contributed by atoms with van der Waals surface area (Å²) in [7, 11) is 0. The summed E-state index contributed by atoms with van der Waals surface area (Å²) in [6.07, 6.45) is 0.518. The van der Waals surface area contributed by atoms with Crippen molar-refractivity contribution in [2.45, 2.75) is 49.7 Å². The van der Waals surface area contributed by atoms with Crippen LogP contribution in [-0.2, 0) is 11.3 Å². The molecule has 0 aliphatic carbocycles. The Bertz CT molecular complexity index is 1420. The fourth-order valence-electron chi connectivity index (χ4n) is 5.72. The molecule has 0 amide bonds. The lowest BCUT2D eigenvalue weighted by atomic mass is 10.0. The number of anilines is 1. The molecule has 8 nitrogen and oxygen atoms in total. The van der Waals surface area contributed by atoms with Crippen molar-refractivity contribution in [3.63, 3.8) is 0 Å². The van der Waals surface area contributed by atoms with Gasteiger partial charge in [0, 0.05) is 53.3 Å². The first-order valence-electron chi connectivity index (χ1n) is 13.0. The van der Waals surface area contributed by atoms with Crippen molar-refractivity contribution in [1.29, 1.82) is 0 Å². The molecule has 0 radical (unpaired) electrons. The van der Waals surface area contributed by atoms with Crippen LogP contribution in [0.4, 0.5) is 10.2 Å². The van der Waals surface area contributed by atoms with E-state index in [4.69, 9.17) is 22.1 Å². The van der Waals surface area contributed by atoms with E-state index in [1.54, 1.807) is 28.5 Å². The molecule has 208 valence electrons. The quantitative estimate of drug-likeness (QED) is 0.413. The predicted octanol–water partition coefficient (Wildman–Crippen LogP) is 3.71. The monoisotopic (exact) mass is 573 g/mol. The summed E-state index contributed by atoms with van der Waals surface area (Å²) in [5.74, 6) is 0.817. The molecular weight excluding hydrogens is 541 g/mol. The molecule has 2 aliphatic heterocycles. The second-order valence-electron chi connectivity index (χ2n) is 10.1. The number of rotatable bonds is 7. The number of aliphatic hydroxyl groups excluding tert-OH is 1. The average Bonchev–Trinajstić information content (AvgIpc) is 3.10. The average molecular weight is 574 g/mol. The molecule has 5 rings (SSSR count). The minimum atomic E-state index is -0.759. The van der Waals surface area contributed by atoms with Gasteiger partial charge in [0.05, 0.1) is 29.8 Å². The van der Waals surface area contributed by atoms with Crippen molar-refractivity contribution in [2.75, 3.05) is 36.9 Å². The molecule has 3 heterocycles. The van der Waals surface area contributed by atoms with Gasteiger partial charge in [-0.05, 0) is 43.7 Å². The van der Waals surface area contributed by atoms with Crippen molar-refractivity contribution in [2.24, 2.45) is 5.73 Å². The fourth-order valence-corrected chi connectivity index (χ4v) is 7.37. The summed E-state index contributed by atoms with van der Waals surface area (Å²) in [5.41, 5.74) is 7.56. The second-order valence-corrected chi connectivity index (χ2v) is 11.5. The standard InChI is InChI=1S/C28H33ClFN5O3S/c1-4-23(36)35-16(2)12-33(13-17(35)3)27-21-11-22(29)24(18-5-7-19(30)8-6-18)26-25(21)34(28(37)32-27)14-20(15-39-26)38-10-9-31/h4-8,11,16-17,20,23,36H,1,9-10,12-15,31H2,2-3H3/t16-,17+,20?,23?. The number of piperazine rings is 1. The Kier molecular flexibility index (Phi) is 8.32. The number of thioether (sulfide) groups is 1. The van der Waals surface area contributed by atoms with Gasteiger partial charge in [0.25, 0.3) is 0 Å². The molecule has 0 spiro atoms. The van der Waals surface area contributed by atoms with Crippen molar-refractivity contribution in [3.8, 4) is 11.1 Å². The zero-order valence-corrected chi connectivity index (χ0v) is 23.6. The van der Waals surface area contributed by atoms with Crippen LogP contribution < -0.4 is 16.3 Å². The summed E-state index contributed by atoms with van der Waals surface area (Å²) in [5, 5.41) is 11.7. The highest BCUT2D eigenvalue weighted by molar-refractivity contribution is 7.99. The number of aromatic nitrogens is 2. The third-order valence-corrected chi connectivity index (χ3v) is 8.88. The van der Waals surface area contributed by atoms with Crippen LogP contribution in [0.15, 0.2) is 52.7 Å². The Labute approximate surface area is 236 Å². The largest absolute Gasteiger partial charge is 0.375 e. The normalized spacial score (nSPS) is 22.6. The van der Waals surface area contributed by atoms with E-state index in [1.165, 1.54) is 18.2 Å². The second kappa shape index (κ2) is 11.6. The highest BCUT2D eigenvalue weighted by atomic mass is 35.5. The van der Waals surface area contributed by atoms with Gasteiger partial charge in [-0.2, -0.15) is 4.98 Å². The Morgan fingerprint density at radius 1 is 1.28 bits per heavy atom. The van der Waals surface area contributed by atoms with E-state index < -0.39 is 6.23 Å². The minimum absolute atomic E-state index is 0.0198. The van der Waals surface area contributed by atoms with E-state index in [9.17, 15) is 14.3 Å². The number of nitrogens with zero attached hydrogens (tertiary/aromatic N) is 4. The number of hydrogen-bond donors (Lipinski definition) is 2. The SMILES string of the molecule is C=CC(O)N1[C@H](C)CN(c2nc(=O)n3c4c(c(-c5ccc(F)cc5)c(Cl)cc24)SCC(OCCN)C3)C[C@@H]1C. The third kappa shape index (κ3) is 5.33. The van der Waals surface area contributed by atoms with Crippen molar-refractivity contribution in [3.05, 3.63) is 64.3 Å². The van der Waals surface area contributed by atoms with Gasteiger partial charge in [-0.1, -0.05) is 30.3 Å². The van der Waals surface area contributed by atoms with Gasteiger partial charge in [0.15, 0.2) is 0 Å². The molecule has 1 aromatic heterocycles. The summed E-state index contributed by atoms with van der Waals surface area (Å²) in [6.45, 7) is 10.0. The highest BCUT2D eigenvalue weighted by Crippen LogP contribution is 2.45. The first-order chi connectivity index (χ1) is 18.7. The van der Waals surface area contributed by atoms with Gasteiger partial charge in [-0.25, -0.2) is 9.18 Å². The smallest absolute Gasteiger partial charge is 0.350 e. The summed E-state index contributed by atoms with van der Waals surface area (Å²) < 4.78 is 21.4. The Hall–Kier alpha value is -2.47. The van der Waals surface area contributed by atoms with Crippen molar-refractivity contribution < 1.29 is 14.2 Å². The van der Waals surface area contributed by atoms with Crippen LogP contribution >= 0.6 is 23.4 Å². The molecule has 2 aliphatic rings. The maximum Gasteiger partial charge on any atom is 0.350 e. The van der Waals surface area contributed by atoms with Crippen molar-refractivity contribution in [1.82, 2.24) is 14.5 Å². The number of halogens is 2. The molecule has 0 bridgehead atoms. The molecule has 39 heavy (non-hydrogen) atoms. The van der Waals surface area contributed by atoms with E-state index in [2.05, 4.69) is 16.5 Å². The van der Waals surface area contributed by atoms with Crippen LogP contribution in [0.2, 0.25) is 5.02 Å². The van der Waals surface area contributed by atoms with E-state index in [0.29, 0.717) is 49.4 Å². The summed E-state index contributed by atoms with van der Waals surface area (Å²) >= 11 is 8.53. The molecular formula is C28H33ClFN5O3S. The molecule has 1 fully saturated rings. The summed E-state index contributed by atoms with van der Waals surface area (Å²) in [4.78, 5) is 23.1. The molecule has 3 aromatic rings. The molecule has 2 aromatic carbocycles. The minimum Gasteiger partial charge on any atom is -0.375 e. The maximum atomic E-state index is 13.8. The van der Waals surface area contributed by atoms with Gasteiger partial charge in [0.2, 0.25) is 0 Å². The van der Waals surface area contributed by atoms with E-state index in [0.717, 1.165) is 26.9 Å². The Morgan fingerprint density at radius 2 is 1.97 bits per heavy atom. The third-order valence-electron chi connectivity index (χ3n) is 7.36. The van der Waals surface area contributed by atoms with Gasteiger partial charge < -0.3 is 20.5 Å². The molecule has 11 heteroatoms. The fraction of sp³-hybridized carbons (Fsp3) is 0.429. The van der Waals surface area contributed by atoms with Crippen LogP contribution in [0, 0.1) is 5.82 Å². The number of nitrogens with two attached hydrogens (primary N) is 1. The van der Waals surface area contributed by atoms with Crippen LogP contribution in [0.5, 0.6) is 0 Å². The van der Waals surface area contributed by atoms with Crippen LogP contribution in [-0.4, -0.2) is 76.0 Å². The first kappa shape index (κ1) is 28.1. The van der Waals surface area contributed by atoms with Crippen molar-refractivity contribution >= 4 is 40.1 Å². The zero-order chi connectivity index (χ0) is 27.8. The zero-order valence-electron chi connectivity index (χ0n) is 22.0. The van der Waals surface area contributed by atoms with Crippen LogP contribution in [0.3, 0.4) is 0 Å². The Morgan fingerprint density at radius 3 is 2.62 bits per heavy atom. The van der Waals surface area contributed by atoms with Gasteiger partial charge >= 0.3 is 5.69 Å². The topological polar surface area (TPSA) is 96.8 Å². The first-order valence-corrected chi connectivity index (χ1v) is 14.4. The summed E-state index contributed by atoms with van der Waals surface area (Å²) in [6, 6.07) is 8.03. The Balaban J connectivity index is 1.69. The number of hydrogen-bond acceptors (Lipinski definition) is 8. The van der Waals surface area contributed by atoms with E-state index in [-0.39, 0.29) is 29.7 Å². The van der Waals surface area contributed by atoms with E-state index in [1.807, 2.05) is 24.8 Å². The van der Waals surface area contributed by atoms with E-state index >= 15 is 0 Å². The molecule has 0 saturated carbocycles. The van der Waals surface area contributed by atoms with Gasteiger partial charge in [-0.3, -0.25) is 9.47 Å². The van der Waals surface area contributed by atoms with Crippen LogP contribution in [0.1, 0.15) is 13.8 Å². The molecule has 2 unspecified atom stereocenters. The maximum absolute atomic E-state index is 13.8. The lowest BCUT2D eigenvalue weighted by Crippen LogP contribution is -2.60.